The molecule has 0 unspecified atom stereocenters. The summed E-state index contributed by atoms with van der Waals surface area (Å²) in [5, 5.41) is 0. The van der Waals surface area contributed by atoms with Crippen LogP contribution >= 0.6 is 0 Å². The summed E-state index contributed by atoms with van der Waals surface area (Å²) in [5.74, 6) is -0.318. The SMILES string of the molecule is C=C(C)C(=O)OCCN(C)C/C=C/C=C/CCC. The number of nitrogens with zero attached hydrogens (tertiary/aromatic N) is 1. The number of carbonyl (C=O) groups excluding carboxylic acids is 1. The predicted octanol–water partition coefficient (Wildman–Crippen LogP) is 2.95. The van der Waals surface area contributed by atoms with Crippen molar-refractivity contribution in [3.63, 3.8) is 0 Å². The lowest BCUT2D eigenvalue weighted by molar-refractivity contribution is -0.139. The lowest BCUT2D eigenvalue weighted by atomic mass is 10.3. The molecular weight excluding hydrogens is 226 g/mol. The average Bonchev–Trinajstić information content (AvgIpc) is 2.33. The highest BCUT2D eigenvalue weighted by molar-refractivity contribution is 5.86. The van der Waals surface area contributed by atoms with E-state index in [0.717, 1.165) is 19.5 Å². The van der Waals surface area contributed by atoms with E-state index in [1.54, 1.807) is 6.92 Å². The number of hydrogen-bond acceptors (Lipinski definition) is 3. The first-order valence-electron chi connectivity index (χ1n) is 6.40. The Bertz CT molecular complexity index is 306. The molecule has 0 aromatic rings. The van der Waals surface area contributed by atoms with Crippen molar-refractivity contribution in [2.75, 3.05) is 26.7 Å². The van der Waals surface area contributed by atoms with Gasteiger partial charge in [-0.3, -0.25) is 4.90 Å². The van der Waals surface area contributed by atoms with Gasteiger partial charge in [-0.1, -0.05) is 44.2 Å². The molecule has 0 heterocycles. The van der Waals surface area contributed by atoms with Crippen molar-refractivity contribution < 1.29 is 9.53 Å². The fourth-order valence-corrected chi connectivity index (χ4v) is 1.17. The molecule has 0 spiro atoms. The Morgan fingerprint density at radius 3 is 2.61 bits per heavy atom. The minimum absolute atomic E-state index is 0.318. The Kier molecular flexibility index (Phi) is 9.97. The van der Waals surface area contributed by atoms with Crippen molar-refractivity contribution in [3.05, 3.63) is 36.5 Å². The summed E-state index contributed by atoms with van der Waals surface area (Å²) in [6, 6.07) is 0. The zero-order valence-electron chi connectivity index (χ0n) is 11.8. The number of esters is 1. The first-order valence-corrected chi connectivity index (χ1v) is 6.40. The molecule has 0 rings (SSSR count). The third-order valence-electron chi connectivity index (χ3n) is 2.31. The first kappa shape index (κ1) is 16.6. The van der Waals surface area contributed by atoms with Crippen molar-refractivity contribution in [1.29, 1.82) is 0 Å². The van der Waals surface area contributed by atoms with Gasteiger partial charge in [0.15, 0.2) is 0 Å². The van der Waals surface area contributed by atoms with Crippen LogP contribution in [0.25, 0.3) is 0 Å². The predicted molar refractivity (Wildman–Crippen MR) is 76.5 cm³/mol. The molecule has 0 aliphatic rings. The number of rotatable bonds is 9. The van der Waals surface area contributed by atoms with Crippen molar-refractivity contribution in [1.82, 2.24) is 4.90 Å². The molecule has 0 fully saturated rings. The molecule has 0 atom stereocenters. The minimum atomic E-state index is -0.318. The van der Waals surface area contributed by atoms with E-state index in [1.807, 2.05) is 13.1 Å². The lowest BCUT2D eigenvalue weighted by Crippen LogP contribution is -2.24. The molecule has 0 radical (unpaired) electrons. The molecule has 0 saturated carbocycles. The monoisotopic (exact) mass is 251 g/mol. The quantitative estimate of drug-likeness (QED) is 0.358. The fourth-order valence-electron chi connectivity index (χ4n) is 1.17. The number of allylic oxidation sites excluding steroid dienone is 3. The van der Waals surface area contributed by atoms with Gasteiger partial charge in [0.2, 0.25) is 0 Å². The number of hydrogen-bond donors (Lipinski definition) is 0. The molecule has 18 heavy (non-hydrogen) atoms. The van der Waals surface area contributed by atoms with Gasteiger partial charge in [0.05, 0.1) is 0 Å². The molecule has 3 nitrogen and oxygen atoms in total. The van der Waals surface area contributed by atoms with E-state index in [-0.39, 0.29) is 5.97 Å². The molecule has 0 aromatic carbocycles. The molecule has 102 valence electrons. The molecule has 0 bridgehead atoms. The minimum Gasteiger partial charge on any atom is -0.461 e. The summed E-state index contributed by atoms with van der Waals surface area (Å²) >= 11 is 0. The van der Waals surface area contributed by atoms with Crippen LogP contribution < -0.4 is 0 Å². The summed E-state index contributed by atoms with van der Waals surface area (Å²) in [7, 11) is 1.99. The van der Waals surface area contributed by atoms with E-state index in [2.05, 4.69) is 36.6 Å². The van der Waals surface area contributed by atoms with Gasteiger partial charge in [-0.05, 0) is 20.4 Å². The van der Waals surface area contributed by atoms with Crippen molar-refractivity contribution in [3.8, 4) is 0 Å². The molecular formula is C15H25NO2. The number of carbonyl (C=O) groups is 1. The number of likely N-dealkylation sites (N-methyl/N-ethyl adjacent to an activating group) is 1. The maximum absolute atomic E-state index is 11.1. The Hall–Kier alpha value is -1.35. The number of ether oxygens (including phenoxy) is 1. The fraction of sp³-hybridized carbons (Fsp3) is 0.533. The largest absolute Gasteiger partial charge is 0.461 e. The van der Waals surface area contributed by atoms with Crippen LogP contribution in [0, 0.1) is 0 Å². The molecule has 0 N–H and O–H groups in total. The van der Waals surface area contributed by atoms with E-state index >= 15 is 0 Å². The first-order chi connectivity index (χ1) is 8.57. The topological polar surface area (TPSA) is 29.5 Å². The average molecular weight is 251 g/mol. The van der Waals surface area contributed by atoms with Crippen LogP contribution in [0.3, 0.4) is 0 Å². The molecule has 3 heteroatoms. The highest BCUT2D eigenvalue weighted by atomic mass is 16.5. The second-order valence-electron chi connectivity index (χ2n) is 4.32. The van der Waals surface area contributed by atoms with E-state index in [4.69, 9.17) is 4.74 Å². The van der Waals surface area contributed by atoms with Gasteiger partial charge in [0.25, 0.3) is 0 Å². The van der Waals surface area contributed by atoms with Gasteiger partial charge in [0, 0.05) is 18.7 Å². The van der Waals surface area contributed by atoms with E-state index in [0.29, 0.717) is 12.2 Å². The molecule has 0 aliphatic heterocycles. The Balaban J connectivity index is 3.62. The zero-order valence-corrected chi connectivity index (χ0v) is 11.8. The van der Waals surface area contributed by atoms with E-state index in [9.17, 15) is 4.79 Å². The Morgan fingerprint density at radius 2 is 2.00 bits per heavy atom. The Morgan fingerprint density at radius 1 is 1.33 bits per heavy atom. The summed E-state index contributed by atoms with van der Waals surface area (Å²) < 4.78 is 5.02. The van der Waals surface area contributed by atoms with Crippen molar-refractivity contribution >= 4 is 5.97 Å². The van der Waals surface area contributed by atoms with Crippen LogP contribution in [0.15, 0.2) is 36.5 Å². The molecule has 0 aromatic heterocycles. The van der Waals surface area contributed by atoms with Gasteiger partial charge in [-0.15, -0.1) is 0 Å². The van der Waals surface area contributed by atoms with Gasteiger partial charge in [0.1, 0.15) is 6.61 Å². The third kappa shape index (κ3) is 9.85. The summed E-state index contributed by atoms with van der Waals surface area (Å²) in [6.07, 6.45) is 10.7. The van der Waals surface area contributed by atoms with Crippen molar-refractivity contribution in [2.45, 2.75) is 26.7 Å². The second kappa shape index (κ2) is 10.8. The highest BCUT2D eigenvalue weighted by Gasteiger charge is 2.03. The smallest absolute Gasteiger partial charge is 0.333 e. The third-order valence-corrected chi connectivity index (χ3v) is 2.31. The summed E-state index contributed by atoms with van der Waals surface area (Å²) in [6.45, 7) is 9.32. The highest BCUT2D eigenvalue weighted by Crippen LogP contribution is 1.93. The standard InChI is InChI=1S/C15H25NO2/c1-5-6-7-8-9-10-11-16(4)12-13-18-15(17)14(2)3/h7-10H,2,5-6,11-13H2,1,3-4H3/b8-7+,10-9+. The van der Waals surface area contributed by atoms with Gasteiger partial charge < -0.3 is 4.74 Å². The number of unbranched alkanes of at least 4 members (excludes halogenated alkanes) is 1. The zero-order chi connectivity index (χ0) is 13.8. The lowest BCUT2D eigenvalue weighted by Gasteiger charge is -2.13. The Labute approximate surface area is 111 Å². The summed E-state index contributed by atoms with van der Waals surface area (Å²) in [4.78, 5) is 13.2. The molecule has 0 saturated heterocycles. The van der Waals surface area contributed by atoms with Crippen LogP contribution in [0.5, 0.6) is 0 Å². The van der Waals surface area contributed by atoms with Crippen LogP contribution in [-0.2, 0) is 9.53 Å². The van der Waals surface area contributed by atoms with Crippen LogP contribution in [0.2, 0.25) is 0 Å². The van der Waals surface area contributed by atoms with Crippen molar-refractivity contribution in [2.24, 2.45) is 0 Å². The maximum atomic E-state index is 11.1. The molecule has 0 amide bonds. The second-order valence-corrected chi connectivity index (χ2v) is 4.32. The van der Waals surface area contributed by atoms with E-state index < -0.39 is 0 Å². The van der Waals surface area contributed by atoms with Crippen LogP contribution in [0.1, 0.15) is 26.7 Å². The van der Waals surface area contributed by atoms with Crippen LogP contribution in [0.4, 0.5) is 0 Å². The van der Waals surface area contributed by atoms with Gasteiger partial charge in [-0.25, -0.2) is 4.79 Å². The van der Waals surface area contributed by atoms with Gasteiger partial charge >= 0.3 is 5.97 Å². The van der Waals surface area contributed by atoms with E-state index in [1.165, 1.54) is 6.42 Å². The van der Waals surface area contributed by atoms with Gasteiger partial charge in [-0.2, -0.15) is 0 Å². The summed E-state index contributed by atoms with van der Waals surface area (Å²) in [5.41, 5.74) is 0.443. The maximum Gasteiger partial charge on any atom is 0.333 e. The van der Waals surface area contributed by atoms with Crippen LogP contribution in [-0.4, -0.2) is 37.6 Å². The normalized spacial score (nSPS) is 11.6. The molecule has 0 aliphatic carbocycles.